The molecule has 1 atom stereocenters. The third kappa shape index (κ3) is 3.12. The molecule has 1 aromatic carbocycles. The zero-order valence-corrected chi connectivity index (χ0v) is 13.0. The van der Waals surface area contributed by atoms with Gasteiger partial charge in [0.25, 0.3) is 0 Å². The predicted molar refractivity (Wildman–Crippen MR) is 75.7 cm³/mol. The first kappa shape index (κ1) is 16.0. The first-order valence-corrected chi connectivity index (χ1v) is 7.99. The van der Waals surface area contributed by atoms with Crippen LogP contribution in [0.2, 0.25) is 0 Å². The van der Waals surface area contributed by atoms with E-state index >= 15 is 0 Å². The monoisotopic (exact) mass is 318 g/mol. The van der Waals surface area contributed by atoms with Crippen molar-refractivity contribution < 1.29 is 22.3 Å². The van der Waals surface area contributed by atoms with Crippen molar-refractivity contribution >= 4 is 10.0 Å². The van der Waals surface area contributed by atoms with Crippen molar-refractivity contribution in [2.75, 3.05) is 33.9 Å². The van der Waals surface area contributed by atoms with Crippen LogP contribution in [0.25, 0.3) is 0 Å². The maximum absolute atomic E-state index is 14.1. The van der Waals surface area contributed by atoms with Gasteiger partial charge in [-0.25, -0.2) is 12.8 Å². The molecule has 1 N–H and O–H groups in total. The molecule has 0 aromatic heterocycles. The Morgan fingerprint density at radius 1 is 1.29 bits per heavy atom. The molecule has 1 aromatic rings. The third-order valence-corrected chi connectivity index (χ3v) is 5.27. The number of nitrogens with zero attached hydrogens (tertiary/aromatic N) is 1. The summed E-state index contributed by atoms with van der Waals surface area (Å²) in [6.45, 7) is 3.03. The highest BCUT2D eigenvalue weighted by atomic mass is 32.2. The predicted octanol–water partition coefficient (Wildman–Crippen LogP) is 0.825. The number of methoxy groups -OCH3 is 2. The van der Waals surface area contributed by atoms with Crippen LogP contribution in [-0.2, 0) is 10.0 Å². The minimum absolute atomic E-state index is 0.0248. The molecule has 21 heavy (non-hydrogen) atoms. The van der Waals surface area contributed by atoms with E-state index in [1.807, 2.05) is 6.92 Å². The van der Waals surface area contributed by atoms with Crippen LogP contribution in [0.5, 0.6) is 11.5 Å². The summed E-state index contributed by atoms with van der Waals surface area (Å²) in [6, 6.07) is 2.21. The Morgan fingerprint density at radius 2 is 1.90 bits per heavy atom. The van der Waals surface area contributed by atoms with Gasteiger partial charge >= 0.3 is 0 Å². The summed E-state index contributed by atoms with van der Waals surface area (Å²) in [5, 5.41) is 3.15. The van der Waals surface area contributed by atoms with E-state index in [2.05, 4.69) is 5.32 Å². The fourth-order valence-corrected chi connectivity index (χ4v) is 3.88. The van der Waals surface area contributed by atoms with Gasteiger partial charge in [0, 0.05) is 37.8 Å². The van der Waals surface area contributed by atoms with E-state index in [4.69, 9.17) is 9.47 Å². The van der Waals surface area contributed by atoms with Gasteiger partial charge in [-0.2, -0.15) is 4.31 Å². The lowest BCUT2D eigenvalue weighted by Crippen LogP contribution is -2.51. The van der Waals surface area contributed by atoms with Gasteiger partial charge in [0.2, 0.25) is 10.0 Å². The SMILES string of the molecule is COc1cc(F)c(S(=O)(=O)N2CCN[C@@H](C)C2)cc1OC. The largest absolute Gasteiger partial charge is 0.493 e. The van der Waals surface area contributed by atoms with Gasteiger partial charge in [-0.1, -0.05) is 0 Å². The first-order chi connectivity index (χ1) is 9.90. The van der Waals surface area contributed by atoms with Crippen molar-refractivity contribution in [3.63, 3.8) is 0 Å². The van der Waals surface area contributed by atoms with Crippen LogP contribution in [0.4, 0.5) is 4.39 Å². The molecule has 0 saturated carbocycles. The van der Waals surface area contributed by atoms with Gasteiger partial charge in [-0.3, -0.25) is 0 Å². The molecule has 0 bridgehead atoms. The van der Waals surface area contributed by atoms with Crippen LogP contribution in [0.15, 0.2) is 17.0 Å². The van der Waals surface area contributed by atoms with E-state index in [0.29, 0.717) is 19.6 Å². The zero-order chi connectivity index (χ0) is 15.6. The van der Waals surface area contributed by atoms with Crippen LogP contribution >= 0.6 is 0 Å². The van der Waals surface area contributed by atoms with E-state index < -0.39 is 20.7 Å². The number of halogens is 1. The standard InChI is InChI=1S/C13H19FN2O4S/c1-9-8-16(5-4-15-9)21(17,18)13-7-12(20-3)11(19-2)6-10(13)14/h6-7,9,15H,4-5,8H2,1-3H3/t9-/m0/s1. The highest BCUT2D eigenvalue weighted by Gasteiger charge is 2.31. The smallest absolute Gasteiger partial charge is 0.246 e. The van der Waals surface area contributed by atoms with E-state index in [0.717, 1.165) is 12.1 Å². The second kappa shape index (κ2) is 6.17. The molecule has 0 spiro atoms. The summed E-state index contributed by atoms with van der Waals surface area (Å²) >= 11 is 0. The highest BCUT2D eigenvalue weighted by Crippen LogP contribution is 2.33. The minimum Gasteiger partial charge on any atom is -0.493 e. The minimum atomic E-state index is -3.90. The first-order valence-electron chi connectivity index (χ1n) is 6.55. The van der Waals surface area contributed by atoms with Crippen LogP contribution in [-0.4, -0.2) is 52.6 Å². The molecule has 1 aliphatic heterocycles. The van der Waals surface area contributed by atoms with Crippen LogP contribution in [0.1, 0.15) is 6.92 Å². The molecule has 0 radical (unpaired) electrons. The van der Waals surface area contributed by atoms with Gasteiger partial charge in [0.05, 0.1) is 14.2 Å². The van der Waals surface area contributed by atoms with Crippen molar-refractivity contribution in [2.45, 2.75) is 17.9 Å². The second-order valence-electron chi connectivity index (χ2n) is 4.86. The van der Waals surface area contributed by atoms with E-state index in [9.17, 15) is 12.8 Å². The maximum atomic E-state index is 14.1. The van der Waals surface area contributed by atoms with Crippen LogP contribution in [0, 0.1) is 5.82 Å². The molecule has 8 heteroatoms. The Balaban J connectivity index is 2.44. The lowest BCUT2D eigenvalue weighted by molar-refractivity contribution is 0.308. The molecule has 1 aliphatic rings. The Bertz CT molecular complexity index is 621. The number of piperazine rings is 1. The summed E-state index contributed by atoms with van der Waals surface area (Å²) in [5.41, 5.74) is 0. The lowest BCUT2D eigenvalue weighted by Gasteiger charge is -2.31. The summed E-state index contributed by atoms with van der Waals surface area (Å²) in [5.74, 6) is -0.512. The van der Waals surface area contributed by atoms with Crippen LogP contribution in [0.3, 0.4) is 0 Å². The Morgan fingerprint density at radius 3 is 2.48 bits per heavy atom. The molecule has 6 nitrogen and oxygen atoms in total. The number of benzene rings is 1. The number of hydrogen-bond donors (Lipinski definition) is 1. The number of ether oxygens (including phenoxy) is 2. The summed E-state index contributed by atoms with van der Waals surface area (Å²) < 4.78 is 50.6. The molecule has 0 amide bonds. The van der Waals surface area contributed by atoms with Gasteiger partial charge in [-0.05, 0) is 6.92 Å². The quantitative estimate of drug-likeness (QED) is 0.890. The van der Waals surface area contributed by atoms with Gasteiger partial charge in [0.1, 0.15) is 10.7 Å². The summed E-state index contributed by atoms with van der Waals surface area (Å²) in [6.07, 6.45) is 0. The average Bonchev–Trinajstić information content (AvgIpc) is 2.46. The van der Waals surface area contributed by atoms with Crippen molar-refractivity contribution in [1.29, 1.82) is 0 Å². The molecular formula is C13H19FN2O4S. The number of nitrogens with one attached hydrogen (secondary N) is 1. The summed E-state index contributed by atoms with van der Waals surface area (Å²) in [7, 11) is -1.16. The number of sulfonamides is 1. The van der Waals surface area contributed by atoms with Crippen molar-refractivity contribution in [3.8, 4) is 11.5 Å². The van der Waals surface area contributed by atoms with Crippen molar-refractivity contribution in [3.05, 3.63) is 17.9 Å². The molecule has 2 rings (SSSR count). The number of hydrogen-bond acceptors (Lipinski definition) is 5. The maximum Gasteiger partial charge on any atom is 0.246 e. The molecule has 1 heterocycles. The molecule has 0 aliphatic carbocycles. The second-order valence-corrected chi connectivity index (χ2v) is 6.76. The van der Waals surface area contributed by atoms with Gasteiger partial charge in [0.15, 0.2) is 11.5 Å². The fourth-order valence-electron chi connectivity index (χ4n) is 2.29. The molecule has 0 unspecified atom stereocenters. The third-order valence-electron chi connectivity index (χ3n) is 3.39. The molecule has 118 valence electrons. The van der Waals surface area contributed by atoms with Crippen molar-refractivity contribution in [1.82, 2.24) is 9.62 Å². The van der Waals surface area contributed by atoms with Crippen LogP contribution < -0.4 is 14.8 Å². The Hall–Kier alpha value is -1.38. The highest BCUT2D eigenvalue weighted by molar-refractivity contribution is 7.89. The van der Waals surface area contributed by atoms with E-state index in [1.54, 1.807) is 0 Å². The molecule has 1 fully saturated rings. The fraction of sp³-hybridized carbons (Fsp3) is 0.538. The summed E-state index contributed by atoms with van der Waals surface area (Å²) in [4.78, 5) is -0.394. The Labute approximate surface area is 123 Å². The molecule has 1 saturated heterocycles. The van der Waals surface area contributed by atoms with E-state index in [1.165, 1.54) is 18.5 Å². The number of rotatable bonds is 4. The topological polar surface area (TPSA) is 67.9 Å². The molecular weight excluding hydrogens is 299 g/mol. The zero-order valence-electron chi connectivity index (χ0n) is 12.2. The normalized spacial score (nSPS) is 20.3. The lowest BCUT2D eigenvalue weighted by atomic mass is 10.3. The van der Waals surface area contributed by atoms with Gasteiger partial charge < -0.3 is 14.8 Å². The Kier molecular flexibility index (Phi) is 4.70. The average molecular weight is 318 g/mol. The van der Waals surface area contributed by atoms with E-state index in [-0.39, 0.29) is 17.5 Å². The van der Waals surface area contributed by atoms with Gasteiger partial charge in [-0.15, -0.1) is 0 Å². The van der Waals surface area contributed by atoms with Crippen molar-refractivity contribution in [2.24, 2.45) is 0 Å².